The summed E-state index contributed by atoms with van der Waals surface area (Å²) in [6, 6.07) is 4.41. The van der Waals surface area contributed by atoms with Crippen molar-refractivity contribution in [3.63, 3.8) is 0 Å². The molecule has 3 N–H and O–H groups in total. The molecule has 0 atom stereocenters. The van der Waals surface area contributed by atoms with Gasteiger partial charge in [-0.3, -0.25) is 0 Å². The second-order valence-electron chi connectivity index (χ2n) is 3.54. The Balaban J connectivity index is 2.64. The molecule has 0 bridgehead atoms. The zero-order valence-corrected chi connectivity index (χ0v) is 10.1. The van der Waals surface area contributed by atoms with E-state index in [1.807, 2.05) is 0 Å². The first-order valence-corrected chi connectivity index (χ1v) is 5.37. The Kier molecular flexibility index (Phi) is 3.40. The number of halogens is 3. The van der Waals surface area contributed by atoms with Gasteiger partial charge in [0.05, 0.1) is 16.3 Å². The summed E-state index contributed by atoms with van der Waals surface area (Å²) in [5, 5.41) is -0.0552. The fourth-order valence-electron chi connectivity index (χ4n) is 1.45. The van der Waals surface area contributed by atoms with Crippen LogP contribution in [0.15, 0.2) is 18.2 Å². The molecule has 0 saturated heterocycles. The van der Waals surface area contributed by atoms with Crippen LogP contribution in [0.3, 0.4) is 0 Å². The number of rotatable bonds is 2. The third-order valence-corrected chi connectivity index (χ3v) is 2.64. The van der Waals surface area contributed by atoms with Gasteiger partial charge in [0.25, 0.3) is 0 Å². The van der Waals surface area contributed by atoms with Crippen molar-refractivity contribution in [2.24, 2.45) is 5.84 Å². The number of nitrogens with one attached hydrogen (secondary N) is 1. The Morgan fingerprint density at radius 1 is 1.22 bits per heavy atom. The summed E-state index contributed by atoms with van der Waals surface area (Å²) in [5.74, 6) is 3.62. The lowest BCUT2D eigenvalue weighted by Crippen LogP contribution is -2.13. The summed E-state index contributed by atoms with van der Waals surface area (Å²) in [7, 11) is 0. The van der Waals surface area contributed by atoms with Gasteiger partial charge in [-0.15, -0.1) is 0 Å². The Morgan fingerprint density at radius 3 is 2.61 bits per heavy atom. The molecule has 1 aromatic heterocycles. The van der Waals surface area contributed by atoms with Gasteiger partial charge < -0.3 is 5.43 Å². The molecule has 0 aliphatic carbocycles. The van der Waals surface area contributed by atoms with E-state index in [9.17, 15) is 8.78 Å². The molecule has 2 aromatic rings. The number of hydrazine groups is 1. The Hall–Kier alpha value is -1.79. The highest BCUT2D eigenvalue weighted by atomic mass is 35.5. The molecular formula is C11H9ClF2N4. The van der Waals surface area contributed by atoms with E-state index in [2.05, 4.69) is 15.4 Å². The molecule has 0 spiro atoms. The standard InChI is InChI=1S/C11H9ClF2N4/c1-5-8(13)11(18-15)17-10(16-5)6-3-2-4-7(12)9(6)14/h2-4H,15H2,1H3,(H,16,17,18). The van der Waals surface area contributed by atoms with Crippen molar-refractivity contribution >= 4 is 17.4 Å². The highest BCUT2D eigenvalue weighted by Gasteiger charge is 2.15. The summed E-state index contributed by atoms with van der Waals surface area (Å²) in [4.78, 5) is 7.68. The first kappa shape index (κ1) is 12.7. The molecule has 0 radical (unpaired) electrons. The maximum absolute atomic E-state index is 13.8. The predicted molar refractivity (Wildman–Crippen MR) is 64.9 cm³/mol. The molecule has 0 amide bonds. The van der Waals surface area contributed by atoms with Gasteiger partial charge in [0.1, 0.15) is 0 Å². The lowest BCUT2D eigenvalue weighted by atomic mass is 10.2. The number of aryl methyl sites for hydroxylation is 1. The van der Waals surface area contributed by atoms with E-state index in [0.29, 0.717) is 0 Å². The molecule has 18 heavy (non-hydrogen) atoms. The van der Waals surface area contributed by atoms with Gasteiger partial charge in [-0.1, -0.05) is 17.7 Å². The maximum Gasteiger partial charge on any atom is 0.187 e. The fourth-order valence-corrected chi connectivity index (χ4v) is 1.63. The monoisotopic (exact) mass is 270 g/mol. The normalized spacial score (nSPS) is 10.5. The zero-order valence-electron chi connectivity index (χ0n) is 9.34. The van der Waals surface area contributed by atoms with Gasteiger partial charge in [-0.25, -0.2) is 24.6 Å². The number of nitrogen functional groups attached to an aromatic ring is 1. The van der Waals surface area contributed by atoms with E-state index in [0.717, 1.165) is 0 Å². The maximum atomic E-state index is 13.8. The predicted octanol–water partition coefficient (Wildman–Crippen LogP) is 2.67. The van der Waals surface area contributed by atoms with Crippen LogP contribution in [-0.2, 0) is 0 Å². The molecular weight excluding hydrogens is 262 g/mol. The third-order valence-electron chi connectivity index (χ3n) is 2.35. The van der Waals surface area contributed by atoms with Crippen molar-refractivity contribution in [1.29, 1.82) is 0 Å². The summed E-state index contributed by atoms with van der Waals surface area (Å²) >= 11 is 5.66. The summed E-state index contributed by atoms with van der Waals surface area (Å²) in [6.45, 7) is 1.43. The van der Waals surface area contributed by atoms with Crippen LogP contribution in [0.1, 0.15) is 5.69 Å². The van der Waals surface area contributed by atoms with Crippen molar-refractivity contribution in [2.75, 3.05) is 5.43 Å². The van der Waals surface area contributed by atoms with Crippen molar-refractivity contribution in [2.45, 2.75) is 6.92 Å². The molecule has 0 aliphatic heterocycles. The van der Waals surface area contributed by atoms with Crippen molar-refractivity contribution in [3.8, 4) is 11.4 Å². The topological polar surface area (TPSA) is 63.8 Å². The van der Waals surface area contributed by atoms with E-state index in [4.69, 9.17) is 17.4 Å². The highest BCUT2D eigenvalue weighted by molar-refractivity contribution is 6.31. The van der Waals surface area contributed by atoms with E-state index in [1.54, 1.807) is 6.07 Å². The minimum Gasteiger partial charge on any atom is -0.306 e. The molecule has 0 saturated carbocycles. The molecule has 0 fully saturated rings. The largest absolute Gasteiger partial charge is 0.306 e. The van der Waals surface area contributed by atoms with Gasteiger partial charge >= 0.3 is 0 Å². The lowest BCUT2D eigenvalue weighted by molar-refractivity contribution is 0.604. The molecule has 4 nitrogen and oxygen atoms in total. The Labute approximate surface area is 107 Å². The SMILES string of the molecule is Cc1nc(-c2cccc(Cl)c2F)nc(NN)c1F. The number of hydrogen-bond acceptors (Lipinski definition) is 4. The molecule has 1 aromatic carbocycles. The van der Waals surface area contributed by atoms with Crippen LogP contribution in [0, 0.1) is 18.6 Å². The van der Waals surface area contributed by atoms with Gasteiger partial charge in [0.15, 0.2) is 23.3 Å². The summed E-state index contributed by atoms with van der Waals surface area (Å²) in [5.41, 5.74) is 2.25. The summed E-state index contributed by atoms with van der Waals surface area (Å²) < 4.78 is 27.3. The lowest BCUT2D eigenvalue weighted by Gasteiger charge is -2.08. The van der Waals surface area contributed by atoms with Crippen LogP contribution < -0.4 is 11.3 Å². The average molecular weight is 271 g/mol. The van der Waals surface area contributed by atoms with Gasteiger partial charge in [0.2, 0.25) is 0 Å². The zero-order chi connectivity index (χ0) is 13.3. The highest BCUT2D eigenvalue weighted by Crippen LogP contribution is 2.26. The van der Waals surface area contributed by atoms with Crippen LogP contribution in [-0.4, -0.2) is 9.97 Å². The smallest absolute Gasteiger partial charge is 0.187 e. The van der Waals surface area contributed by atoms with Crippen LogP contribution >= 0.6 is 11.6 Å². The number of benzene rings is 1. The second kappa shape index (κ2) is 4.83. The molecule has 2 rings (SSSR count). The number of anilines is 1. The van der Waals surface area contributed by atoms with E-state index in [-0.39, 0.29) is 27.9 Å². The number of nitrogens with zero attached hydrogens (tertiary/aromatic N) is 2. The van der Waals surface area contributed by atoms with Crippen LogP contribution in [0.5, 0.6) is 0 Å². The van der Waals surface area contributed by atoms with E-state index in [1.165, 1.54) is 19.1 Å². The van der Waals surface area contributed by atoms with Crippen molar-refractivity contribution in [1.82, 2.24) is 9.97 Å². The molecule has 0 aliphatic rings. The van der Waals surface area contributed by atoms with Gasteiger partial charge in [0, 0.05) is 0 Å². The van der Waals surface area contributed by atoms with Crippen LogP contribution in [0.25, 0.3) is 11.4 Å². The second-order valence-corrected chi connectivity index (χ2v) is 3.95. The number of nitrogens with two attached hydrogens (primary N) is 1. The molecule has 94 valence electrons. The number of hydrogen-bond donors (Lipinski definition) is 2. The average Bonchev–Trinajstić information content (AvgIpc) is 2.36. The minimum atomic E-state index is -0.677. The van der Waals surface area contributed by atoms with Gasteiger partial charge in [-0.05, 0) is 19.1 Å². The molecule has 7 heteroatoms. The summed E-state index contributed by atoms with van der Waals surface area (Å²) in [6.07, 6.45) is 0. The van der Waals surface area contributed by atoms with Crippen molar-refractivity contribution < 1.29 is 8.78 Å². The minimum absolute atomic E-state index is 0.0156. The van der Waals surface area contributed by atoms with Crippen LogP contribution in [0.2, 0.25) is 5.02 Å². The Morgan fingerprint density at radius 2 is 1.94 bits per heavy atom. The quantitative estimate of drug-likeness (QED) is 0.650. The fraction of sp³-hybridized carbons (Fsp3) is 0.0909. The molecule has 0 unspecified atom stereocenters. The van der Waals surface area contributed by atoms with E-state index < -0.39 is 11.6 Å². The van der Waals surface area contributed by atoms with Gasteiger partial charge in [-0.2, -0.15) is 0 Å². The first-order chi connectivity index (χ1) is 8.54. The molecule has 1 heterocycles. The van der Waals surface area contributed by atoms with Crippen LogP contribution in [0.4, 0.5) is 14.6 Å². The number of aromatic nitrogens is 2. The van der Waals surface area contributed by atoms with Crippen molar-refractivity contribution in [3.05, 3.63) is 40.6 Å². The Bertz CT molecular complexity index is 604. The third kappa shape index (κ3) is 2.12. The van der Waals surface area contributed by atoms with E-state index >= 15 is 0 Å². The first-order valence-electron chi connectivity index (χ1n) is 4.99.